The molecule has 1 aromatic rings. The first-order valence-electron chi connectivity index (χ1n) is 7.11. The highest BCUT2D eigenvalue weighted by Gasteiger charge is 2.29. The van der Waals surface area contributed by atoms with Crippen molar-refractivity contribution in [1.82, 2.24) is 4.72 Å². The molecule has 1 saturated heterocycles. The van der Waals surface area contributed by atoms with E-state index >= 15 is 0 Å². The molecule has 1 aromatic carbocycles. The van der Waals surface area contributed by atoms with Crippen molar-refractivity contribution in [2.24, 2.45) is 0 Å². The summed E-state index contributed by atoms with van der Waals surface area (Å²) in [7, 11) is -3.40. The normalized spacial score (nSPS) is 23.5. The quantitative estimate of drug-likeness (QED) is 0.877. The van der Waals surface area contributed by atoms with Crippen LogP contribution in [-0.2, 0) is 10.0 Å². The van der Waals surface area contributed by atoms with E-state index in [0.717, 1.165) is 30.7 Å². The van der Waals surface area contributed by atoms with E-state index in [4.69, 9.17) is 0 Å². The summed E-state index contributed by atoms with van der Waals surface area (Å²) in [6.07, 6.45) is 4.21. The maximum Gasteiger partial charge on any atom is 0.242 e. The van der Waals surface area contributed by atoms with Gasteiger partial charge < -0.3 is 5.32 Å². The van der Waals surface area contributed by atoms with Crippen LogP contribution in [0, 0.1) is 0 Å². The van der Waals surface area contributed by atoms with Crippen molar-refractivity contribution >= 4 is 27.5 Å². The highest BCUT2D eigenvalue weighted by Crippen LogP contribution is 2.28. The van der Waals surface area contributed by atoms with E-state index in [1.807, 2.05) is 23.9 Å². The zero-order valence-electron chi connectivity index (χ0n) is 11.3. The summed E-state index contributed by atoms with van der Waals surface area (Å²) in [5.41, 5.74) is 0.730. The van der Waals surface area contributed by atoms with Gasteiger partial charge in [-0.05, 0) is 43.6 Å². The Labute approximate surface area is 124 Å². The van der Waals surface area contributed by atoms with Crippen molar-refractivity contribution in [2.45, 2.75) is 42.7 Å². The van der Waals surface area contributed by atoms with Crippen LogP contribution in [0.1, 0.15) is 25.7 Å². The average Bonchev–Trinajstić information content (AvgIpc) is 3.24. The zero-order chi connectivity index (χ0) is 14.0. The molecule has 3 rings (SSSR count). The smallest absolute Gasteiger partial charge is 0.242 e. The maximum atomic E-state index is 12.4. The molecule has 0 spiro atoms. The third kappa shape index (κ3) is 3.48. The van der Waals surface area contributed by atoms with E-state index < -0.39 is 10.0 Å². The van der Waals surface area contributed by atoms with Crippen LogP contribution in [0.5, 0.6) is 0 Å². The van der Waals surface area contributed by atoms with E-state index in [2.05, 4.69) is 10.0 Å². The molecule has 110 valence electrons. The Morgan fingerprint density at radius 1 is 1.10 bits per heavy atom. The summed E-state index contributed by atoms with van der Waals surface area (Å²) in [6, 6.07) is 7.71. The fraction of sp³-hybridized carbons (Fsp3) is 0.571. The second-order valence-electron chi connectivity index (χ2n) is 5.45. The Morgan fingerprint density at radius 3 is 2.60 bits per heavy atom. The van der Waals surface area contributed by atoms with Gasteiger partial charge in [0.25, 0.3) is 0 Å². The summed E-state index contributed by atoms with van der Waals surface area (Å²) < 4.78 is 27.5. The van der Waals surface area contributed by atoms with Crippen molar-refractivity contribution in [1.29, 1.82) is 0 Å². The van der Waals surface area contributed by atoms with Crippen LogP contribution >= 0.6 is 11.8 Å². The number of para-hydroxylation sites is 1. The molecule has 1 unspecified atom stereocenters. The summed E-state index contributed by atoms with van der Waals surface area (Å²) in [4.78, 5) is 0.377. The van der Waals surface area contributed by atoms with Crippen molar-refractivity contribution in [2.75, 3.05) is 16.8 Å². The van der Waals surface area contributed by atoms with Gasteiger partial charge in [0, 0.05) is 17.8 Å². The summed E-state index contributed by atoms with van der Waals surface area (Å²) in [6.45, 7) is 0. The molecule has 2 aliphatic rings. The fourth-order valence-electron chi connectivity index (χ4n) is 2.38. The van der Waals surface area contributed by atoms with Crippen molar-refractivity contribution in [3.63, 3.8) is 0 Å². The molecule has 0 radical (unpaired) electrons. The lowest BCUT2D eigenvalue weighted by molar-refractivity contribution is 0.581. The lowest BCUT2D eigenvalue weighted by Crippen LogP contribution is -2.29. The maximum absolute atomic E-state index is 12.4. The van der Waals surface area contributed by atoms with Gasteiger partial charge in [-0.2, -0.15) is 11.8 Å². The molecule has 6 heteroatoms. The molecule has 2 fully saturated rings. The van der Waals surface area contributed by atoms with Crippen LogP contribution in [0.15, 0.2) is 29.2 Å². The van der Waals surface area contributed by atoms with Crippen molar-refractivity contribution < 1.29 is 8.42 Å². The Bertz CT molecular complexity index is 564. The van der Waals surface area contributed by atoms with Crippen molar-refractivity contribution in [3.8, 4) is 0 Å². The van der Waals surface area contributed by atoms with Gasteiger partial charge in [-0.25, -0.2) is 13.1 Å². The fourth-order valence-corrected chi connectivity index (χ4v) is 4.93. The number of hydrogen-bond acceptors (Lipinski definition) is 4. The van der Waals surface area contributed by atoms with E-state index in [1.165, 1.54) is 12.2 Å². The predicted molar refractivity (Wildman–Crippen MR) is 83.8 cm³/mol. The molecule has 1 atom stereocenters. The first-order valence-corrected chi connectivity index (χ1v) is 9.74. The molecule has 1 heterocycles. The number of rotatable bonds is 5. The molecular weight excluding hydrogens is 292 g/mol. The minimum absolute atomic E-state index is 0.137. The van der Waals surface area contributed by atoms with E-state index in [9.17, 15) is 8.42 Å². The molecule has 0 bridgehead atoms. The number of sulfonamides is 1. The molecule has 1 aliphatic heterocycles. The van der Waals surface area contributed by atoms with Gasteiger partial charge in [0.05, 0.1) is 5.69 Å². The van der Waals surface area contributed by atoms with Crippen LogP contribution in [0.25, 0.3) is 0 Å². The minimum atomic E-state index is -3.40. The summed E-state index contributed by atoms with van der Waals surface area (Å²) in [5, 5.41) is 3.41. The highest BCUT2D eigenvalue weighted by molar-refractivity contribution is 7.99. The first kappa shape index (κ1) is 14.2. The lowest BCUT2D eigenvalue weighted by Gasteiger charge is -2.24. The van der Waals surface area contributed by atoms with Gasteiger partial charge in [0.15, 0.2) is 0 Å². The molecule has 1 saturated carbocycles. The Hall–Kier alpha value is -0.720. The van der Waals surface area contributed by atoms with Gasteiger partial charge in [0.2, 0.25) is 10.0 Å². The zero-order valence-corrected chi connectivity index (χ0v) is 13.0. The van der Waals surface area contributed by atoms with Gasteiger partial charge in [-0.15, -0.1) is 0 Å². The van der Waals surface area contributed by atoms with Gasteiger partial charge in [0.1, 0.15) is 4.90 Å². The van der Waals surface area contributed by atoms with Crippen LogP contribution in [-0.4, -0.2) is 32.0 Å². The third-order valence-electron chi connectivity index (χ3n) is 3.60. The summed E-state index contributed by atoms with van der Waals surface area (Å²) >= 11 is 1.93. The number of nitrogens with one attached hydrogen (secondary N) is 2. The van der Waals surface area contributed by atoms with E-state index in [-0.39, 0.29) is 6.04 Å². The van der Waals surface area contributed by atoms with Crippen LogP contribution in [0.4, 0.5) is 5.69 Å². The average molecular weight is 312 g/mol. The lowest BCUT2D eigenvalue weighted by atomic mass is 10.1. The summed E-state index contributed by atoms with van der Waals surface area (Å²) in [5.74, 6) is 2.26. The second-order valence-corrected chi connectivity index (χ2v) is 8.28. The van der Waals surface area contributed by atoms with Crippen LogP contribution < -0.4 is 10.0 Å². The largest absolute Gasteiger partial charge is 0.380 e. The molecule has 1 aliphatic carbocycles. The SMILES string of the molecule is O=S(=O)(NC1CC1)c1ccccc1NC1CCCSC1. The molecule has 0 aromatic heterocycles. The Morgan fingerprint density at radius 2 is 1.90 bits per heavy atom. The number of thioether (sulfide) groups is 1. The molecule has 2 N–H and O–H groups in total. The first-order chi connectivity index (χ1) is 9.65. The molecule has 4 nitrogen and oxygen atoms in total. The van der Waals surface area contributed by atoms with Gasteiger partial charge in [-0.1, -0.05) is 12.1 Å². The number of benzene rings is 1. The topological polar surface area (TPSA) is 58.2 Å². The molecule has 0 amide bonds. The van der Waals surface area contributed by atoms with Crippen molar-refractivity contribution in [3.05, 3.63) is 24.3 Å². The predicted octanol–water partition coefficient (Wildman–Crippen LogP) is 2.43. The van der Waals surface area contributed by atoms with E-state index in [1.54, 1.807) is 12.1 Å². The minimum Gasteiger partial charge on any atom is -0.380 e. The number of anilines is 1. The Balaban J connectivity index is 1.79. The Kier molecular flexibility index (Phi) is 4.23. The highest BCUT2D eigenvalue weighted by atomic mass is 32.2. The standard InChI is InChI=1S/C14H20N2O2S2/c17-20(18,16-11-7-8-11)14-6-2-1-5-13(14)15-12-4-3-9-19-10-12/h1-2,5-6,11-12,15-16H,3-4,7-10H2. The second kappa shape index (κ2) is 5.95. The van der Waals surface area contributed by atoms with Gasteiger partial charge in [-0.3, -0.25) is 0 Å². The third-order valence-corrected chi connectivity index (χ3v) is 6.39. The van der Waals surface area contributed by atoms with Crippen LogP contribution in [0.2, 0.25) is 0 Å². The molecule has 20 heavy (non-hydrogen) atoms. The van der Waals surface area contributed by atoms with E-state index in [0.29, 0.717) is 10.9 Å². The number of hydrogen-bond donors (Lipinski definition) is 2. The van der Waals surface area contributed by atoms with Crippen LogP contribution in [0.3, 0.4) is 0 Å². The van der Waals surface area contributed by atoms with Gasteiger partial charge >= 0.3 is 0 Å². The monoisotopic (exact) mass is 312 g/mol. The molecular formula is C14H20N2O2S2.